The van der Waals surface area contributed by atoms with Gasteiger partial charge in [0.1, 0.15) is 23.5 Å². The van der Waals surface area contributed by atoms with Crippen molar-refractivity contribution in [2.75, 3.05) is 0 Å². The van der Waals surface area contributed by atoms with Crippen molar-refractivity contribution in [1.82, 2.24) is 9.97 Å². The van der Waals surface area contributed by atoms with Gasteiger partial charge < -0.3 is 9.53 Å². The Kier molecular flexibility index (Phi) is 11.4. The minimum atomic E-state index is 0.350. The van der Waals surface area contributed by atoms with Crippen LogP contribution in [0.1, 0.15) is 76.7 Å². The summed E-state index contributed by atoms with van der Waals surface area (Å²) >= 11 is 1.84. The van der Waals surface area contributed by atoms with Crippen LogP contribution < -0.4 is 4.74 Å². The first-order valence-corrected chi connectivity index (χ1v) is 11.2. The predicted molar refractivity (Wildman–Crippen MR) is 119 cm³/mol. The summed E-state index contributed by atoms with van der Waals surface area (Å²) in [6.45, 7) is 7.74. The van der Waals surface area contributed by atoms with Crippen molar-refractivity contribution in [3.63, 3.8) is 0 Å². The third kappa shape index (κ3) is 6.04. The Balaban J connectivity index is 0.000000502. The topological polar surface area (TPSA) is 52.1 Å². The van der Waals surface area contributed by atoms with Crippen molar-refractivity contribution in [1.29, 1.82) is 0 Å². The Morgan fingerprint density at radius 2 is 1.82 bits per heavy atom. The maximum atomic E-state index is 8.81. The molecule has 154 valence electrons. The molecule has 2 aliphatic carbocycles. The second-order valence-electron chi connectivity index (χ2n) is 6.62. The normalized spacial score (nSPS) is 19.6. The molecule has 4 rings (SSSR count). The van der Waals surface area contributed by atoms with E-state index in [1.54, 1.807) is 6.33 Å². The molecule has 0 spiro atoms. The lowest BCUT2D eigenvalue weighted by molar-refractivity contribution is -0.106. The molecule has 2 aromatic heterocycles. The fraction of sp³-hybridized carbons (Fsp3) is 0.609. The molecule has 5 heteroatoms. The van der Waals surface area contributed by atoms with Crippen LogP contribution in [-0.2, 0) is 17.6 Å². The largest absolute Gasteiger partial charge is 0.474 e. The van der Waals surface area contributed by atoms with Gasteiger partial charge in [0.05, 0.1) is 5.39 Å². The Morgan fingerprint density at radius 1 is 1.18 bits per heavy atom. The van der Waals surface area contributed by atoms with E-state index in [4.69, 9.17) is 9.53 Å². The van der Waals surface area contributed by atoms with Crippen molar-refractivity contribution >= 4 is 27.8 Å². The summed E-state index contributed by atoms with van der Waals surface area (Å²) in [7, 11) is 0. The van der Waals surface area contributed by atoms with Crippen LogP contribution in [0.2, 0.25) is 0 Å². The van der Waals surface area contributed by atoms with Gasteiger partial charge in [-0.25, -0.2) is 9.97 Å². The van der Waals surface area contributed by atoms with Crippen LogP contribution >= 0.6 is 11.3 Å². The van der Waals surface area contributed by atoms with Gasteiger partial charge in [-0.1, -0.05) is 27.2 Å². The summed E-state index contributed by atoms with van der Waals surface area (Å²) < 4.78 is 6.30. The molecule has 2 heterocycles. The zero-order valence-corrected chi connectivity index (χ0v) is 18.6. The van der Waals surface area contributed by atoms with Crippen LogP contribution in [0, 0.1) is 18.8 Å². The van der Waals surface area contributed by atoms with Gasteiger partial charge in [0.2, 0.25) is 5.88 Å². The van der Waals surface area contributed by atoms with Crippen molar-refractivity contribution in [3.8, 4) is 18.7 Å². The second-order valence-corrected chi connectivity index (χ2v) is 7.70. The molecule has 0 amide bonds. The van der Waals surface area contributed by atoms with E-state index < -0.39 is 0 Å². The summed E-state index contributed by atoms with van der Waals surface area (Å²) in [6.07, 6.45) is 20.7. The van der Waals surface area contributed by atoms with Gasteiger partial charge in [-0.3, -0.25) is 0 Å². The number of aromatic nitrogens is 2. The first-order chi connectivity index (χ1) is 13.8. The summed E-state index contributed by atoms with van der Waals surface area (Å²) in [5, 5.41) is 1.22. The average molecular weight is 403 g/mol. The number of aryl methyl sites for hydroxylation is 2. The number of carbonyl (C=O) groups is 1. The maximum Gasteiger partial charge on any atom is 0.225 e. The Labute approximate surface area is 174 Å². The van der Waals surface area contributed by atoms with Gasteiger partial charge in [-0.2, -0.15) is 0 Å². The summed E-state index contributed by atoms with van der Waals surface area (Å²) in [6, 6.07) is 0. The lowest BCUT2D eigenvalue weighted by Crippen LogP contribution is -2.24. The van der Waals surface area contributed by atoms with E-state index in [0.29, 0.717) is 6.10 Å². The summed E-state index contributed by atoms with van der Waals surface area (Å²) in [4.78, 5) is 20.3. The number of hydrogen-bond acceptors (Lipinski definition) is 5. The number of thiophene rings is 1. The molecular weight excluding hydrogens is 368 g/mol. The highest BCUT2D eigenvalue weighted by Gasteiger charge is 2.25. The van der Waals surface area contributed by atoms with Gasteiger partial charge in [-0.15, -0.1) is 24.2 Å². The van der Waals surface area contributed by atoms with Crippen LogP contribution in [0.4, 0.5) is 0 Å². The van der Waals surface area contributed by atoms with Crippen LogP contribution in [-0.4, -0.2) is 22.4 Å². The molecule has 28 heavy (non-hydrogen) atoms. The zero-order valence-electron chi connectivity index (χ0n) is 17.7. The average Bonchev–Trinajstić information content (AvgIpc) is 3.34. The van der Waals surface area contributed by atoms with Gasteiger partial charge >= 0.3 is 0 Å². The summed E-state index contributed by atoms with van der Waals surface area (Å²) in [5.41, 5.74) is 1.47. The van der Waals surface area contributed by atoms with Gasteiger partial charge in [-0.05, 0) is 63.4 Å². The van der Waals surface area contributed by atoms with Crippen LogP contribution in [0.15, 0.2) is 6.33 Å². The molecule has 0 saturated heterocycles. The second kappa shape index (κ2) is 13.3. The number of nitrogens with zero attached hydrogens (tertiary/aromatic N) is 2. The van der Waals surface area contributed by atoms with Gasteiger partial charge in [0.25, 0.3) is 0 Å². The molecule has 1 fully saturated rings. The molecule has 0 atom stereocenters. The van der Waals surface area contributed by atoms with E-state index >= 15 is 0 Å². The van der Waals surface area contributed by atoms with Gasteiger partial charge in [0.15, 0.2) is 0 Å². The number of aldehydes is 1. The lowest BCUT2D eigenvalue weighted by atomic mass is 9.86. The summed E-state index contributed by atoms with van der Waals surface area (Å²) in [5.74, 6) is 1.75. The van der Waals surface area contributed by atoms with Crippen molar-refractivity contribution in [2.24, 2.45) is 5.92 Å². The number of fused-ring (bicyclic) bond motifs is 3. The van der Waals surface area contributed by atoms with Crippen LogP contribution in [0.3, 0.4) is 0 Å². The minimum absolute atomic E-state index is 0.350. The van der Waals surface area contributed by atoms with Crippen LogP contribution in [0.25, 0.3) is 10.2 Å². The third-order valence-electron chi connectivity index (χ3n) is 5.12. The van der Waals surface area contributed by atoms with Crippen LogP contribution in [0.5, 0.6) is 5.88 Å². The molecule has 0 aromatic carbocycles. The molecule has 0 N–H and O–H groups in total. The Hall–Kier alpha value is -1.93. The fourth-order valence-electron chi connectivity index (χ4n) is 3.80. The number of hydrogen-bond donors (Lipinski definition) is 0. The highest BCUT2D eigenvalue weighted by atomic mass is 32.1. The number of rotatable bonds is 3. The SMILES string of the molecule is C#C.CC.CC=O.CCC1CCC(Oc2ncnc3sc4c(c23)CCC4)CC1. The smallest absolute Gasteiger partial charge is 0.225 e. The first kappa shape index (κ1) is 24.1. The third-order valence-corrected chi connectivity index (χ3v) is 6.32. The maximum absolute atomic E-state index is 8.81. The van der Waals surface area contributed by atoms with Crippen molar-refractivity contribution < 1.29 is 9.53 Å². The molecular formula is C23H34N2O2S. The monoisotopic (exact) mass is 402 g/mol. The van der Waals surface area contributed by atoms with Crippen molar-refractivity contribution in [3.05, 3.63) is 16.8 Å². The molecule has 4 nitrogen and oxygen atoms in total. The van der Waals surface area contributed by atoms with E-state index in [-0.39, 0.29) is 0 Å². The predicted octanol–water partition coefficient (Wildman–Crippen LogP) is 6.01. The molecule has 0 unspecified atom stereocenters. The molecule has 0 radical (unpaired) electrons. The molecule has 2 aliphatic rings. The molecule has 0 aliphatic heterocycles. The number of terminal acetylenes is 1. The molecule has 2 aromatic rings. The highest BCUT2D eigenvalue weighted by Crippen LogP contribution is 2.40. The van der Waals surface area contributed by atoms with E-state index in [0.717, 1.165) is 22.9 Å². The lowest BCUT2D eigenvalue weighted by Gasteiger charge is -2.28. The van der Waals surface area contributed by atoms with Gasteiger partial charge in [0, 0.05) is 4.88 Å². The standard InChI is InChI=1S/C17H22N2OS.C2H4O.C2H6.C2H2/c1-2-11-6-8-12(9-7-11)20-16-15-13-4-3-5-14(13)21-17(15)19-10-18-16;1-2-3;2*1-2/h10-12H,2-9H2,1H3;2H,1H3;1-2H3;1-2H. The first-order valence-electron chi connectivity index (χ1n) is 10.4. The Morgan fingerprint density at radius 3 is 2.43 bits per heavy atom. The van der Waals surface area contributed by atoms with Crippen molar-refractivity contribution in [2.45, 2.75) is 85.2 Å². The van der Waals surface area contributed by atoms with E-state index in [1.807, 2.05) is 25.2 Å². The highest BCUT2D eigenvalue weighted by molar-refractivity contribution is 7.18. The Bertz CT molecular complexity index is 731. The van der Waals surface area contributed by atoms with E-state index in [9.17, 15) is 0 Å². The number of carbonyl (C=O) groups excluding carboxylic acids is 1. The quantitative estimate of drug-likeness (QED) is 0.466. The number of ether oxygens (including phenoxy) is 1. The van der Waals surface area contributed by atoms with E-state index in [1.165, 1.54) is 74.1 Å². The fourth-order valence-corrected chi connectivity index (χ4v) is 5.02. The minimum Gasteiger partial charge on any atom is -0.474 e. The molecule has 1 saturated carbocycles. The van der Waals surface area contributed by atoms with E-state index in [2.05, 4.69) is 29.7 Å². The molecule has 0 bridgehead atoms. The zero-order chi connectivity index (χ0) is 20.9.